The minimum absolute atomic E-state index is 0.0917. The second-order valence-corrected chi connectivity index (χ2v) is 6.55. The van der Waals surface area contributed by atoms with Crippen molar-refractivity contribution in [2.45, 2.75) is 13.0 Å². The van der Waals surface area contributed by atoms with Crippen molar-refractivity contribution in [3.63, 3.8) is 0 Å². The maximum atomic E-state index is 12.4. The molecule has 1 unspecified atom stereocenters. The number of amides is 2. The lowest BCUT2D eigenvalue weighted by Gasteiger charge is -2.18. The van der Waals surface area contributed by atoms with Crippen LogP contribution in [0.1, 0.15) is 12.0 Å². The first-order valence-electron chi connectivity index (χ1n) is 7.61. The van der Waals surface area contributed by atoms with Gasteiger partial charge in [-0.1, -0.05) is 47.5 Å². The van der Waals surface area contributed by atoms with E-state index >= 15 is 0 Å². The molecule has 1 N–H and O–H groups in total. The molecule has 2 aromatic carbocycles. The fraction of sp³-hybridized carbons (Fsp3) is 0.222. The molecular weight excluding hydrogens is 347 g/mol. The maximum Gasteiger partial charge on any atom is 0.227 e. The lowest BCUT2D eigenvalue weighted by molar-refractivity contribution is -0.126. The zero-order valence-electron chi connectivity index (χ0n) is 12.8. The van der Waals surface area contributed by atoms with Crippen molar-refractivity contribution in [1.29, 1.82) is 0 Å². The monoisotopic (exact) mass is 362 g/mol. The topological polar surface area (TPSA) is 49.4 Å². The minimum atomic E-state index is -0.382. The van der Waals surface area contributed by atoms with Gasteiger partial charge in [-0.2, -0.15) is 0 Å². The molecule has 0 aliphatic carbocycles. The molecule has 124 valence electrons. The Bertz CT molecular complexity index is 779. The molecule has 1 aliphatic heterocycles. The van der Waals surface area contributed by atoms with E-state index in [1.807, 2.05) is 24.3 Å². The minimum Gasteiger partial charge on any atom is -0.352 e. The van der Waals surface area contributed by atoms with Gasteiger partial charge in [0.25, 0.3) is 0 Å². The van der Waals surface area contributed by atoms with E-state index in [4.69, 9.17) is 23.2 Å². The molecule has 0 aromatic heterocycles. The standard InChI is InChI=1S/C18H16Cl2N2O2/c19-14-5-3-4-12(8-14)10-21-18(24)13-9-17(23)22(11-13)16-7-2-1-6-15(16)20/h1-8,13H,9-11H2,(H,21,24). The molecule has 4 nitrogen and oxygen atoms in total. The maximum absolute atomic E-state index is 12.4. The molecule has 3 rings (SSSR count). The van der Waals surface area contributed by atoms with E-state index in [0.717, 1.165) is 5.56 Å². The van der Waals surface area contributed by atoms with Crippen molar-refractivity contribution < 1.29 is 9.59 Å². The van der Waals surface area contributed by atoms with Crippen molar-refractivity contribution in [2.75, 3.05) is 11.4 Å². The van der Waals surface area contributed by atoms with Crippen LogP contribution in [0.15, 0.2) is 48.5 Å². The Morgan fingerprint density at radius 1 is 1.17 bits per heavy atom. The van der Waals surface area contributed by atoms with Crippen LogP contribution in [0.3, 0.4) is 0 Å². The van der Waals surface area contributed by atoms with Crippen LogP contribution in [0.2, 0.25) is 10.0 Å². The normalized spacial score (nSPS) is 17.2. The highest BCUT2D eigenvalue weighted by molar-refractivity contribution is 6.34. The molecule has 24 heavy (non-hydrogen) atoms. The molecule has 1 atom stereocenters. The van der Waals surface area contributed by atoms with Crippen LogP contribution in [-0.2, 0) is 16.1 Å². The number of carbonyl (C=O) groups is 2. The second-order valence-electron chi connectivity index (χ2n) is 5.70. The molecule has 2 aromatic rings. The van der Waals surface area contributed by atoms with Gasteiger partial charge in [0, 0.05) is 24.5 Å². The molecule has 1 saturated heterocycles. The van der Waals surface area contributed by atoms with E-state index in [1.165, 1.54) is 0 Å². The van der Waals surface area contributed by atoms with E-state index in [1.54, 1.807) is 29.2 Å². The van der Waals surface area contributed by atoms with Crippen molar-refractivity contribution in [1.82, 2.24) is 5.32 Å². The predicted octanol–water partition coefficient (Wildman–Crippen LogP) is 3.66. The fourth-order valence-corrected chi connectivity index (χ4v) is 3.22. The van der Waals surface area contributed by atoms with Gasteiger partial charge in [0.15, 0.2) is 0 Å². The Morgan fingerprint density at radius 3 is 2.71 bits per heavy atom. The summed E-state index contributed by atoms with van der Waals surface area (Å²) in [6.45, 7) is 0.722. The number of hydrogen-bond donors (Lipinski definition) is 1. The number of benzene rings is 2. The van der Waals surface area contributed by atoms with Crippen LogP contribution in [0, 0.1) is 5.92 Å². The third-order valence-corrected chi connectivity index (χ3v) is 4.55. The van der Waals surface area contributed by atoms with Gasteiger partial charge < -0.3 is 10.2 Å². The zero-order valence-corrected chi connectivity index (χ0v) is 14.3. The number of rotatable bonds is 4. The van der Waals surface area contributed by atoms with E-state index in [-0.39, 0.29) is 24.2 Å². The highest BCUT2D eigenvalue weighted by atomic mass is 35.5. The van der Waals surface area contributed by atoms with Gasteiger partial charge in [0.2, 0.25) is 11.8 Å². The van der Waals surface area contributed by atoms with E-state index in [9.17, 15) is 9.59 Å². The lowest BCUT2D eigenvalue weighted by atomic mass is 10.1. The molecule has 0 spiro atoms. The van der Waals surface area contributed by atoms with E-state index in [2.05, 4.69) is 5.32 Å². The third-order valence-electron chi connectivity index (χ3n) is 3.99. The third kappa shape index (κ3) is 3.71. The van der Waals surface area contributed by atoms with Gasteiger partial charge in [-0.15, -0.1) is 0 Å². The number of para-hydroxylation sites is 1. The quantitative estimate of drug-likeness (QED) is 0.901. The number of halogens is 2. The van der Waals surface area contributed by atoms with Crippen molar-refractivity contribution in [3.05, 3.63) is 64.1 Å². The van der Waals surface area contributed by atoms with Gasteiger partial charge in [-0.05, 0) is 29.8 Å². The Hall–Kier alpha value is -2.04. The van der Waals surface area contributed by atoms with Crippen LogP contribution in [0.5, 0.6) is 0 Å². The number of nitrogens with one attached hydrogen (secondary N) is 1. The van der Waals surface area contributed by atoms with Crippen LogP contribution in [-0.4, -0.2) is 18.4 Å². The molecule has 2 amide bonds. The average Bonchev–Trinajstić information content (AvgIpc) is 2.95. The number of carbonyl (C=O) groups excluding carboxylic acids is 2. The van der Waals surface area contributed by atoms with Gasteiger partial charge in [0.1, 0.15) is 0 Å². The molecular formula is C18H16Cl2N2O2. The summed E-state index contributed by atoms with van der Waals surface area (Å²) in [4.78, 5) is 26.2. The SMILES string of the molecule is O=C(NCc1cccc(Cl)c1)C1CC(=O)N(c2ccccc2Cl)C1. The van der Waals surface area contributed by atoms with Gasteiger partial charge in [-0.25, -0.2) is 0 Å². The predicted molar refractivity (Wildman–Crippen MR) is 95.2 cm³/mol. The van der Waals surface area contributed by atoms with E-state index < -0.39 is 0 Å². The molecule has 0 saturated carbocycles. The van der Waals surface area contributed by atoms with E-state index in [0.29, 0.717) is 28.8 Å². The Kier molecular flexibility index (Phi) is 5.07. The summed E-state index contributed by atoms with van der Waals surface area (Å²) in [5.74, 6) is -0.614. The molecule has 6 heteroatoms. The average molecular weight is 363 g/mol. The highest BCUT2D eigenvalue weighted by Crippen LogP contribution is 2.31. The highest BCUT2D eigenvalue weighted by Gasteiger charge is 2.35. The zero-order chi connectivity index (χ0) is 17.1. The molecule has 1 fully saturated rings. The van der Waals surface area contributed by atoms with Crippen molar-refractivity contribution in [3.8, 4) is 0 Å². The van der Waals surface area contributed by atoms with Crippen LogP contribution >= 0.6 is 23.2 Å². The lowest BCUT2D eigenvalue weighted by Crippen LogP contribution is -2.32. The number of nitrogens with zero attached hydrogens (tertiary/aromatic N) is 1. The summed E-state index contributed by atoms with van der Waals surface area (Å²) in [7, 11) is 0. The summed E-state index contributed by atoms with van der Waals surface area (Å²) < 4.78 is 0. The Balaban J connectivity index is 1.63. The Labute approximate surface area is 150 Å². The number of hydrogen-bond acceptors (Lipinski definition) is 2. The summed E-state index contributed by atoms with van der Waals surface area (Å²) >= 11 is 12.1. The molecule has 0 bridgehead atoms. The number of anilines is 1. The summed E-state index contributed by atoms with van der Waals surface area (Å²) in [6, 6.07) is 14.5. The summed E-state index contributed by atoms with van der Waals surface area (Å²) in [6.07, 6.45) is 0.187. The second kappa shape index (κ2) is 7.24. The fourth-order valence-electron chi connectivity index (χ4n) is 2.77. The van der Waals surface area contributed by atoms with Crippen molar-refractivity contribution in [2.24, 2.45) is 5.92 Å². The van der Waals surface area contributed by atoms with Gasteiger partial charge in [0.05, 0.1) is 16.6 Å². The molecule has 1 aliphatic rings. The molecule has 1 heterocycles. The first-order valence-corrected chi connectivity index (χ1v) is 8.37. The van der Waals surface area contributed by atoms with Crippen LogP contribution in [0.4, 0.5) is 5.69 Å². The Morgan fingerprint density at radius 2 is 1.96 bits per heavy atom. The first-order chi connectivity index (χ1) is 11.5. The smallest absolute Gasteiger partial charge is 0.227 e. The van der Waals surface area contributed by atoms with Crippen LogP contribution in [0.25, 0.3) is 0 Å². The summed E-state index contributed by atoms with van der Waals surface area (Å²) in [5.41, 5.74) is 1.57. The van der Waals surface area contributed by atoms with Gasteiger partial charge in [-0.3, -0.25) is 9.59 Å². The molecule has 0 radical (unpaired) electrons. The van der Waals surface area contributed by atoms with Crippen molar-refractivity contribution >= 4 is 40.7 Å². The van der Waals surface area contributed by atoms with Gasteiger partial charge >= 0.3 is 0 Å². The largest absolute Gasteiger partial charge is 0.352 e. The first kappa shape index (κ1) is 16.8. The summed E-state index contributed by atoms with van der Waals surface area (Å²) in [5, 5.41) is 4.00. The van der Waals surface area contributed by atoms with Crippen LogP contribution < -0.4 is 10.2 Å².